The molecule has 0 radical (unpaired) electrons. The molecular weight excluding hydrogens is 348 g/mol. The molecule has 0 fully saturated rings. The minimum Gasteiger partial charge on any atom is -0.297 e. The molecule has 2 aromatic heterocycles. The molecule has 1 aromatic carbocycles. The summed E-state index contributed by atoms with van der Waals surface area (Å²) in [5.41, 5.74) is 3.68. The molecule has 1 aliphatic rings. The Labute approximate surface area is 156 Å². The van der Waals surface area contributed by atoms with Crippen molar-refractivity contribution in [2.45, 2.75) is 51.9 Å². The zero-order chi connectivity index (χ0) is 17.2. The average molecular weight is 371 g/mol. The first-order valence-electron chi connectivity index (χ1n) is 9.05. The molecular formula is C20H22N2OS2. The van der Waals surface area contributed by atoms with Gasteiger partial charge in [-0.3, -0.25) is 10.1 Å². The molecule has 0 aliphatic heterocycles. The molecule has 2 heterocycles. The van der Waals surface area contributed by atoms with E-state index in [-0.39, 0.29) is 5.91 Å². The number of hydrogen-bond acceptors (Lipinski definition) is 4. The molecule has 0 atom stereocenters. The summed E-state index contributed by atoms with van der Waals surface area (Å²) in [5.74, 6) is -0.0235. The smallest absolute Gasteiger partial charge is 0.267 e. The number of anilines is 1. The van der Waals surface area contributed by atoms with Crippen LogP contribution in [0.2, 0.25) is 0 Å². The molecule has 4 rings (SSSR count). The lowest BCUT2D eigenvalue weighted by Gasteiger charge is -2.08. The summed E-state index contributed by atoms with van der Waals surface area (Å²) in [6.07, 6.45) is 8.22. The van der Waals surface area contributed by atoms with Crippen molar-refractivity contribution in [3.63, 3.8) is 0 Å². The van der Waals surface area contributed by atoms with Crippen molar-refractivity contribution in [3.8, 4) is 0 Å². The van der Waals surface area contributed by atoms with Crippen LogP contribution in [-0.2, 0) is 19.3 Å². The van der Waals surface area contributed by atoms with Gasteiger partial charge in [-0.25, -0.2) is 4.98 Å². The van der Waals surface area contributed by atoms with Crippen molar-refractivity contribution in [2.75, 3.05) is 5.32 Å². The second-order valence-corrected chi connectivity index (χ2v) is 8.81. The normalized spacial score (nSPS) is 13.8. The number of unbranched alkanes of at least 4 members (excludes halogenated alkanes) is 1. The van der Waals surface area contributed by atoms with E-state index in [2.05, 4.69) is 41.5 Å². The second kappa shape index (κ2) is 7.26. The van der Waals surface area contributed by atoms with E-state index >= 15 is 0 Å². The van der Waals surface area contributed by atoms with Gasteiger partial charge in [0, 0.05) is 4.88 Å². The molecule has 0 unspecified atom stereocenters. The van der Waals surface area contributed by atoms with Crippen molar-refractivity contribution in [3.05, 3.63) is 45.1 Å². The maximum absolute atomic E-state index is 12.6. The number of aryl methyl sites for hydroxylation is 3. The van der Waals surface area contributed by atoms with Crippen molar-refractivity contribution in [1.82, 2.24) is 4.98 Å². The van der Waals surface area contributed by atoms with Crippen molar-refractivity contribution < 1.29 is 4.79 Å². The van der Waals surface area contributed by atoms with E-state index in [0.29, 0.717) is 5.13 Å². The maximum atomic E-state index is 12.6. The maximum Gasteiger partial charge on any atom is 0.267 e. The van der Waals surface area contributed by atoms with Crippen molar-refractivity contribution in [2.24, 2.45) is 0 Å². The number of rotatable bonds is 5. The Morgan fingerprint density at radius 3 is 2.92 bits per heavy atom. The number of amides is 1. The Kier molecular flexibility index (Phi) is 4.86. The first-order valence-corrected chi connectivity index (χ1v) is 10.7. The number of fused-ring (bicyclic) bond motifs is 2. The summed E-state index contributed by atoms with van der Waals surface area (Å²) in [6.45, 7) is 2.21. The molecule has 0 bridgehead atoms. The Hall–Kier alpha value is -1.72. The van der Waals surface area contributed by atoms with Gasteiger partial charge in [0.05, 0.1) is 15.1 Å². The minimum atomic E-state index is -0.0235. The standard InChI is InChI=1S/C20H22N2OS2/c1-2-3-6-13-9-10-15-17(11-13)25-20(21-15)22-19(23)18-12-14-7-4-5-8-16(14)24-18/h9-12H,2-8H2,1H3,(H,21,22,23). The van der Waals surface area contributed by atoms with E-state index in [0.717, 1.165) is 34.4 Å². The van der Waals surface area contributed by atoms with Crippen LogP contribution in [0.3, 0.4) is 0 Å². The number of benzene rings is 1. The SMILES string of the molecule is CCCCc1ccc2nc(NC(=O)c3cc4c(s3)CCCC4)sc2c1. The third kappa shape index (κ3) is 3.62. The van der Waals surface area contributed by atoms with E-state index in [1.807, 2.05) is 0 Å². The lowest BCUT2D eigenvalue weighted by atomic mass is 9.99. The zero-order valence-electron chi connectivity index (χ0n) is 14.4. The van der Waals surface area contributed by atoms with Crippen LogP contribution in [0.5, 0.6) is 0 Å². The highest BCUT2D eigenvalue weighted by molar-refractivity contribution is 7.22. The number of nitrogens with one attached hydrogen (secondary N) is 1. The van der Waals surface area contributed by atoms with E-state index in [1.165, 1.54) is 41.7 Å². The third-order valence-corrected chi connectivity index (χ3v) is 6.88. The lowest BCUT2D eigenvalue weighted by Crippen LogP contribution is -2.09. The van der Waals surface area contributed by atoms with Crippen LogP contribution in [0.25, 0.3) is 10.2 Å². The van der Waals surface area contributed by atoms with E-state index in [4.69, 9.17) is 0 Å². The Bertz CT molecular complexity index is 886. The largest absolute Gasteiger partial charge is 0.297 e. The molecule has 3 aromatic rings. The highest BCUT2D eigenvalue weighted by atomic mass is 32.1. The highest BCUT2D eigenvalue weighted by Crippen LogP contribution is 2.31. The van der Waals surface area contributed by atoms with Crippen LogP contribution < -0.4 is 5.32 Å². The fourth-order valence-corrected chi connectivity index (χ4v) is 5.39. The van der Waals surface area contributed by atoms with Gasteiger partial charge in [0.15, 0.2) is 5.13 Å². The first-order chi connectivity index (χ1) is 12.2. The molecule has 130 valence electrons. The zero-order valence-corrected chi connectivity index (χ0v) is 16.1. The summed E-state index contributed by atoms with van der Waals surface area (Å²) in [4.78, 5) is 19.4. The first kappa shape index (κ1) is 16.7. The van der Waals surface area contributed by atoms with Crippen LogP contribution in [0.1, 0.15) is 58.3 Å². The molecule has 3 nitrogen and oxygen atoms in total. The Morgan fingerprint density at radius 1 is 1.20 bits per heavy atom. The fraction of sp³-hybridized carbons (Fsp3) is 0.400. The predicted molar refractivity (Wildman–Crippen MR) is 107 cm³/mol. The van der Waals surface area contributed by atoms with Crippen molar-refractivity contribution >= 4 is 43.9 Å². The monoisotopic (exact) mass is 370 g/mol. The third-order valence-electron chi connectivity index (χ3n) is 4.71. The number of aromatic nitrogens is 1. The molecule has 1 aliphatic carbocycles. The molecule has 5 heteroatoms. The summed E-state index contributed by atoms with van der Waals surface area (Å²) < 4.78 is 1.15. The van der Waals surface area contributed by atoms with Crippen LogP contribution in [0.4, 0.5) is 5.13 Å². The Morgan fingerprint density at radius 2 is 2.08 bits per heavy atom. The van der Waals surface area contributed by atoms with E-state index in [9.17, 15) is 4.79 Å². The molecule has 0 saturated carbocycles. The highest BCUT2D eigenvalue weighted by Gasteiger charge is 2.18. The van der Waals surface area contributed by atoms with Crippen LogP contribution in [0, 0.1) is 0 Å². The van der Waals surface area contributed by atoms with E-state index in [1.54, 1.807) is 22.7 Å². The molecule has 0 saturated heterocycles. The van der Waals surface area contributed by atoms with Gasteiger partial charge in [0.2, 0.25) is 0 Å². The van der Waals surface area contributed by atoms with Crippen molar-refractivity contribution in [1.29, 1.82) is 0 Å². The minimum absolute atomic E-state index is 0.0235. The molecule has 25 heavy (non-hydrogen) atoms. The van der Waals surface area contributed by atoms with Gasteiger partial charge >= 0.3 is 0 Å². The quantitative estimate of drug-likeness (QED) is 0.614. The molecule has 1 N–H and O–H groups in total. The van der Waals surface area contributed by atoms with Gasteiger partial charge in [0.25, 0.3) is 5.91 Å². The topological polar surface area (TPSA) is 42.0 Å². The van der Waals surface area contributed by atoms with E-state index < -0.39 is 0 Å². The van der Waals surface area contributed by atoms with Crippen LogP contribution >= 0.6 is 22.7 Å². The van der Waals surface area contributed by atoms with Crippen LogP contribution in [0.15, 0.2) is 24.3 Å². The van der Waals surface area contributed by atoms with Gasteiger partial charge in [-0.05, 0) is 67.9 Å². The number of carbonyl (C=O) groups is 1. The van der Waals surface area contributed by atoms with Crippen LogP contribution in [-0.4, -0.2) is 10.9 Å². The number of thiazole rings is 1. The fourth-order valence-electron chi connectivity index (χ4n) is 3.32. The summed E-state index contributed by atoms with van der Waals surface area (Å²) >= 11 is 3.21. The Balaban J connectivity index is 1.51. The predicted octanol–water partition coefficient (Wildman–Crippen LogP) is 5.83. The number of nitrogens with zero attached hydrogens (tertiary/aromatic N) is 1. The number of thiophene rings is 1. The number of carbonyl (C=O) groups excluding carboxylic acids is 1. The average Bonchev–Trinajstić information content (AvgIpc) is 3.22. The van der Waals surface area contributed by atoms with Gasteiger partial charge in [0.1, 0.15) is 0 Å². The number of hydrogen-bond donors (Lipinski definition) is 1. The molecule has 0 spiro atoms. The summed E-state index contributed by atoms with van der Waals surface area (Å²) in [7, 11) is 0. The van der Waals surface area contributed by atoms with Gasteiger partial charge in [-0.15, -0.1) is 11.3 Å². The second-order valence-electron chi connectivity index (χ2n) is 6.64. The summed E-state index contributed by atoms with van der Waals surface area (Å²) in [5, 5.41) is 3.69. The lowest BCUT2D eigenvalue weighted by molar-refractivity contribution is 0.103. The summed E-state index contributed by atoms with van der Waals surface area (Å²) in [6, 6.07) is 8.50. The van der Waals surface area contributed by atoms with Gasteiger partial charge in [-0.1, -0.05) is 30.7 Å². The van der Waals surface area contributed by atoms with Gasteiger partial charge < -0.3 is 0 Å². The van der Waals surface area contributed by atoms with Gasteiger partial charge in [-0.2, -0.15) is 0 Å². The molecule has 1 amide bonds.